The summed E-state index contributed by atoms with van der Waals surface area (Å²) in [6.07, 6.45) is 4.37. The fraction of sp³-hybridized carbons (Fsp3) is 0.571. The Hall–Kier alpha value is -0.870. The van der Waals surface area contributed by atoms with Crippen LogP contribution in [-0.4, -0.2) is 27.6 Å². The topological polar surface area (TPSA) is 40.5 Å². The van der Waals surface area contributed by atoms with Crippen molar-refractivity contribution in [2.45, 2.75) is 25.7 Å². The lowest BCUT2D eigenvalue weighted by Gasteiger charge is -2.33. The third-order valence-electron chi connectivity index (χ3n) is 3.67. The van der Waals surface area contributed by atoms with Crippen LogP contribution in [0, 0.1) is 5.92 Å². The van der Waals surface area contributed by atoms with Gasteiger partial charge in [-0.05, 0) is 43.7 Å². The van der Waals surface area contributed by atoms with Crippen molar-refractivity contribution in [1.29, 1.82) is 0 Å². The summed E-state index contributed by atoms with van der Waals surface area (Å²) in [5.74, 6) is 1.16. The van der Waals surface area contributed by atoms with Gasteiger partial charge in [-0.3, -0.25) is 0 Å². The molecule has 1 fully saturated rings. The van der Waals surface area contributed by atoms with Gasteiger partial charge in [0.25, 0.3) is 0 Å². The molecule has 18 heavy (non-hydrogen) atoms. The second kappa shape index (κ2) is 6.90. The number of hydrogen-bond donors (Lipinski definition) is 1. The van der Waals surface area contributed by atoms with E-state index < -0.39 is 11.1 Å². The molecule has 0 radical (unpaired) electrons. The number of benzene rings is 1. The van der Waals surface area contributed by atoms with Gasteiger partial charge in [0.05, 0.1) is 0 Å². The largest absolute Gasteiger partial charge is 0.372 e. The summed E-state index contributed by atoms with van der Waals surface area (Å²) in [6.45, 7) is 2.22. The molecule has 1 N–H and O–H groups in total. The van der Waals surface area contributed by atoms with Gasteiger partial charge in [0.2, 0.25) is 0 Å². The maximum atomic E-state index is 10.6. The highest BCUT2D eigenvalue weighted by Gasteiger charge is 2.18. The van der Waals surface area contributed by atoms with Gasteiger partial charge in [0.15, 0.2) is 11.1 Å². The smallest absolute Gasteiger partial charge is 0.152 e. The molecule has 100 valence electrons. The lowest BCUT2D eigenvalue weighted by Crippen LogP contribution is -2.33. The van der Waals surface area contributed by atoms with Crippen molar-refractivity contribution in [3.8, 4) is 0 Å². The highest BCUT2D eigenvalue weighted by atomic mass is 32.2. The molecular weight excluding hydrogens is 246 g/mol. The van der Waals surface area contributed by atoms with E-state index in [4.69, 9.17) is 4.55 Å². The molecule has 0 spiro atoms. The molecule has 0 amide bonds. The van der Waals surface area contributed by atoms with Crippen molar-refractivity contribution in [3.63, 3.8) is 0 Å². The van der Waals surface area contributed by atoms with Crippen LogP contribution in [0.4, 0.5) is 5.69 Å². The van der Waals surface area contributed by atoms with Gasteiger partial charge in [-0.25, -0.2) is 4.21 Å². The maximum absolute atomic E-state index is 10.6. The zero-order valence-corrected chi connectivity index (χ0v) is 11.4. The first-order chi connectivity index (χ1) is 8.75. The van der Waals surface area contributed by atoms with E-state index in [1.54, 1.807) is 0 Å². The average Bonchev–Trinajstić information content (AvgIpc) is 2.40. The summed E-state index contributed by atoms with van der Waals surface area (Å²) in [5, 5.41) is 0. The minimum Gasteiger partial charge on any atom is -0.372 e. The quantitative estimate of drug-likeness (QED) is 0.834. The zero-order valence-electron chi connectivity index (χ0n) is 10.6. The van der Waals surface area contributed by atoms with Gasteiger partial charge >= 0.3 is 0 Å². The van der Waals surface area contributed by atoms with E-state index in [-0.39, 0.29) is 0 Å². The first-order valence-corrected chi connectivity index (χ1v) is 7.91. The lowest BCUT2D eigenvalue weighted by molar-refractivity contribution is 0.378. The summed E-state index contributed by atoms with van der Waals surface area (Å²) in [5.41, 5.74) is 1.31. The van der Waals surface area contributed by atoms with E-state index in [0.29, 0.717) is 5.75 Å². The van der Waals surface area contributed by atoms with E-state index >= 15 is 0 Å². The molecule has 0 bridgehead atoms. The van der Waals surface area contributed by atoms with Crippen LogP contribution in [0.25, 0.3) is 0 Å². The summed E-state index contributed by atoms with van der Waals surface area (Å²) >= 11 is -1.62. The molecule has 0 saturated carbocycles. The molecule has 1 aromatic carbocycles. The molecule has 2 rings (SSSR count). The van der Waals surface area contributed by atoms with Gasteiger partial charge in [0.1, 0.15) is 0 Å². The van der Waals surface area contributed by atoms with Gasteiger partial charge in [0, 0.05) is 24.5 Å². The summed E-state index contributed by atoms with van der Waals surface area (Å²) in [6, 6.07) is 10.5. The Morgan fingerprint density at radius 2 is 1.89 bits per heavy atom. The second-order valence-electron chi connectivity index (χ2n) is 4.93. The van der Waals surface area contributed by atoms with Crippen LogP contribution in [0.1, 0.15) is 25.7 Å². The van der Waals surface area contributed by atoms with E-state index in [1.165, 1.54) is 18.5 Å². The predicted molar refractivity (Wildman–Crippen MR) is 76.3 cm³/mol. The van der Waals surface area contributed by atoms with E-state index in [9.17, 15) is 4.21 Å². The third kappa shape index (κ3) is 4.10. The highest BCUT2D eigenvalue weighted by molar-refractivity contribution is 7.79. The number of para-hydroxylation sites is 1. The molecule has 1 aromatic rings. The van der Waals surface area contributed by atoms with Crippen LogP contribution in [0.15, 0.2) is 30.3 Å². The minimum absolute atomic E-state index is 0.429. The molecule has 1 aliphatic rings. The van der Waals surface area contributed by atoms with Crippen molar-refractivity contribution in [2.24, 2.45) is 5.92 Å². The molecule has 1 heterocycles. The summed E-state index contributed by atoms with van der Waals surface area (Å²) in [7, 11) is 0. The number of anilines is 1. The maximum Gasteiger partial charge on any atom is 0.152 e. The lowest BCUT2D eigenvalue weighted by atomic mass is 9.92. The molecule has 1 saturated heterocycles. The van der Waals surface area contributed by atoms with Crippen molar-refractivity contribution in [2.75, 3.05) is 23.7 Å². The second-order valence-corrected chi connectivity index (χ2v) is 5.99. The van der Waals surface area contributed by atoms with Gasteiger partial charge in [-0.2, -0.15) is 0 Å². The highest BCUT2D eigenvalue weighted by Crippen LogP contribution is 2.25. The molecule has 3 nitrogen and oxygen atoms in total. The number of hydrogen-bond acceptors (Lipinski definition) is 2. The minimum atomic E-state index is -1.62. The van der Waals surface area contributed by atoms with Gasteiger partial charge in [-0.1, -0.05) is 18.2 Å². The summed E-state index contributed by atoms with van der Waals surface area (Å²) < 4.78 is 19.3. The van der Waals surface area contributed by atoms with Crippen molar-refractivity contribution in [3.05, 3.63) is 30.3 Å². The Morgan fingerprint density at radius 3 is 2.50 bits per heavy atom. The Balaban J connectivity index is 1.73. The number of nitrogens with zero attached hydrogens (tertiary/aromatic N) is 1. The Bertz CT molecular complexity index is 375. The van der Waals surface area contributed by atoms with Crippen molar-refractivity contribution >= 4 is 16.8 Å². The van der Waals surface area contributed by atoms with Crippen molar-refractivity contribution < 1.29 is 8.76 Å². The van der Waals surface area contributed by atoms with E-state index in [1.807, 2.05) is 6.07 Å². The molecule has 0 aromatic heterocycles. The molecule has 1 aliphatic heterocycles. The Morgan fingerprint density at radius 1 is 1.22 bits per heavy atom. The van der Waals surface area contributed by atoms with E-state index in [0.717, 1.165) is 31.8 Å². The standard InChI is InChI=1S/C14H21NO2S/c16-18(17)12-4-5-13-8-10-15(11-9-13)14-6-2-1-3-7-14/h1-3,6-7,13H,4-5,8-12H2,(H,16,17). The third-order valence-corrected chi connectivity index (χ3v) is 4.31. The predicted octanol–water partition coefficient (Wildman–Crippen LogP) is 2.90. The van der Waals surface area contributed by atoms with Crippen LogP contribution in [0.5, 0.6) is 0 Å². The van der Waals surface area contributed by atoms with Crippen LogP contribution in [0.2, 0.25) is 0 Å². The van der Waals surface area contributed by atoms with E-state index in [2.05, 4.69) is 29.2 Å². The molecular formula is C14H21NO2S. The Kier molecular flexibility index (Phi) is 5.20. The number of rotatable bonds is 5. The first-order valence-electron chi connectivity index (χ1n) is 6.63. The number of piperidine rings is 1. The van der Waals surface area contributed by atoms with Gasteiger partial charge < -0.3 is 9.45 Å². The van der Waals surface area contributed by atoms with Crippen LogP contribution < -0.4 is 4.90 Å². The Labute approximate surface area is 111 Å². The summed E-state index contributed by atoms with van der Waals surface area (Å²) in [4.78, 5) is 2.43. The SMILES string of the molecule is O=S(O)CCCC1CCN(c2ccccc2)CC1. The monoisotopic (exact) mass is 267 g/mol. The van der Waals surface area contributed by atoms with Crippen LogP contribution in [-0.2, 0) is 11.1 Å². The fourth-order valence-corrected chi connectivity index (χ4v) is 3.03. The molecule has 1 unspecified atom stereocenters. The molecule has 1 atom stereocenters. The molecule has 0 aliphatic carbocycles. The van der Waals surface area contributed by atoms with Crippen LogP contribution in [0.3, 0.4) is 0 Å². The first kappa shape index (κ1) is 13.6. The van der Waals surface area contributed by atoms with Crippen molar-refractivity contribution in [1.82, 2.24) is 0 Å². The van der Waals surface area contributed by atoms with Gasteiger partial charge in [-0.15, -0.1) is 0 Å². The average molecular weight is 267 g/mol. The normalized spacial score (nSPS) is 18.8. The fourth-order valence-electron chi connectivity index (χ4n) is 2.61. The van der Waals surface area contributed by atoms with Crippen LogP contribution >= 0.6 is 0 Å². The zero-order chi connectivity index (χ0) is 12.8. The molecule has 4 heteroatoms.